The lowest BCUT2D eigenvalue weighted by Crippen LogP contribution is -2.02. The molecular weight excluding hydrogens is 328 g/mol. The third kappa shape index (κ3) is 3.30. The molecule has 9 nitrogen and oxygen atoms in total. The molecule has 2 aromatic rings. The molecule has 0 bridgehead atoms. The van der Waals surface area contributed by atoms with Crippen molar-refractivity contribution in [2.75, 3.05) is 0 Å². The van der Waals surface area contributed by atoms with Crippen molar-refractivity contribution < 1.29 is 15.0 Å². The highest BCUT2D eigenvalue weighted by Gasteiger charge is 2.20. The smallest absolute Gasteiger partial charge is 0.303 e. The summed E-state index contributed by atoms with van der Waals surface area (Å²) in [5, 5.41) is 39.8. The van der Waals surface area contributed by atoms with E-state index in [9.17, 15) is 25.3 Å². The predicted octanol–water partition coefficient (Wildman–Crippen LogP) is 4.50. The molecule has 0 saturated carbocycles. The maximum Gasteiger partial charge on any atom is 0.303 e. The van der Waals surface area contributed by atoms with Crippen LogP contribution < -0.4 is 0 Å². The van der Waals surface area contributed by atoms with Gasteiger partial charge in [0.15, 0.2) is 5.69 Å². The van der Waals surface area contributed by atoms with Crippen LogP contribution in [-0.2, 0) is 12.8 Å². The fraction of sp³-hybridized carbons (Fsp3) is 0.250. The summed E-state index contributed by atoms with van der Waals surface area (Å²) in [4.78, 5) is 20.4. The number of nitro groups is 2. The van der Waals surface area contributed by atoms with Crippen LogP contribution in [0.1, 0.15) is 24.0 Å². The van der Waals surface area contributed by atoms with E-state index >= 15 is 0 Å². The largest absolute Gasteiger partial charge is 0.506 e. The van der Waals surface area contributed by atoms with Crippen LogP contribution in [0.15, 0.2) is 40.6 Å². The fourth-order valence-corrected chi connectivity index (χ4v) is 2.87. The van der Waals surface area contributed by atoms with E-state index in [0.717, 1.165) is 48.9 Å². The molecule has 0 saturated heterocycles. The molecule has 25 heavy (non-hydrogen) atoms. The number of non-ortho nitro benzene ring substituents is 1. The lowest BCUT2D eigenvalue weighted by molar-refractivity contribution is -0.393. The molecule has 2 aromatic carbocycles. The highest BCUT2D eigenvalue weighted by molar-refractivity contribution is 5.64. The van der Waals surface area contributed by atoms with Crippen LogP contribution in [0.4, 0.5) is 22.7 Å². The molecule has 1 N–H and O–H groups in total. The Morgan fingerprint density at radius 3 is 2.44 bits per heavy atom. The van der Waals surface area contributed by atoms with Gasteiger partial charge in [-0.05, 0) is 48.9 Å². The number of aryl methyl sites for hydroxylation is 1. The van der Waals surface area contributed by atoms with Gasteiger partial charge in [-0.2, -0.15) is 0 Å². The summed E-state index contributed by atoms with van der Waals surface area (Å²) in [6.07, 6.45) is 3.66. The van der Waals surface area contributed by atoms with Crippen LogP contribution >= 0.6 is 0 Å². The summed E-state index contributed by atoms with van der Waals surface area (Å²) in [5.41, 5.74) is 1.25. The average molecular weight is 342 g/mol. The van der Waals surface area contributed by atoms with Crippen LogP contribution in [0, 0.1) is 20.2 Å². The predicted molar refractivity (Wildman–Crippen MR) is 88.7 cm³/mol. The second-order valence-electron chi connectivity index (χ2n) is 5.67. The molecule has 128 valence electrons. The lowest BCUT2D eigenvalue weighted by atomic mass is 9.90. The van der Waals surface area contributed by atoms with Gasteiger partial charge in [0.25, 0.3) is 5.69 Å². The van der Waals surface area contributed by atoms with Crippen LogP contribution in [0.5, 0.6) is 5.75 Å². The van der Waals surface area contributed by atoms with Crippen LogP contribution in [0.3, 0.4) is 0 Å². The third-order valence-corrected chi connectivity index (χ3v) is 4.11. The SMILES string of the molecule is O=[N+]([O-])c1ccc(N=Nc2c(O)ccc3c2CCCC3)c([N+](=O)[O-])c1. The molecule has 0 aromatic heterocycles. The normalized spacial score (nSPS) is 13.6. The number of fused-ring (bicyclic) bond motifs is 1. The van der Waals surface area contributed by atoms with E-state index < -0.39 is 21.2 Å². The zero-order valence-electron chi connectivity index (χ0n) is 13.1. The van der Waals surface area contributed by atoms with Crippen molar-refractivity contribution in [2.24, 2.45) is 10.2 Å². The fourth-order valence-electron chi connectivity index (χ4n) is 2.87. The van der Waals surface area contributed by atoms with Crippen molar-refractivity contribution in [1.82, 2.24) is 0 Å². The summed E-state index contributed by atoms with van der Waals surface area (Å²) in [7, 11) is 0. The molecule has 0 radical (unpaired) electrons. The van der Waals surface area contributed by atoms with Gasteiger partial charge in [-0.15, -0.1) is 10.2 Å². The Bertz CT molecular complexity index is 894. The van der Waals surface area contributed by atoms with E-state index in [-0.39, 0.29) is 11.4 Å². The Morgan fingerprint density at radius 2 is 1.72 bits per heavy atom. The topological polar surface area (TPSA) is 131 Å². The second-order valence-corrected chi connectivity index (χ2v) is 5.67. The molecular formula is C16H14N4O5. The highest BCUT2D eigenvalue weighted by Crippen LogP contribution is 2.39. The Balaban J connectivity index is 2.03. The number of nitro benzene ring substituents is 2. The Hall–Kier alpha value is -3.36. The minimum atomic E-state index is -0.748. The molecule has 0 unspecified atom stereocenters. The number of aromatic hydroxyl groups is 1. The zero-order chi connectivity index (χ0) is 18.0. The number of hydrogen-bond acceptors (Lipinski definition) is 7. The van der Waals surface area contributed by atoms with Gasteiger partial charge in [0, 0.05) is 6.07 Å². The van der Waals surface area contributed by atoms with Gasteiger partial charge in [-0.3, -0.25) is 20.2 Å². The first-order chi connectivity index (χ1) is 12.0. The van der Waals surface area contributed by atoms with E-state index in [1.54, 1.807) is 0 Å². The number of benzene rings is 2. The van der Waals surface area contributed by atoms with E-state index in [2.05, 4.69) is 10.2 Å². The summed E-state index contributed by atoms with van der Waals surface area (Å²) >= 11 is 0. The maximum atomic E-state index is 11.1. The van der Waals surface area contributed by atoms with E-state index in [0.29, 0.717) is 5.69 Å². The molecule has 0 aliphatic heterocycles. The Morgan fingerprint density at radius 1 is 0.960 bits per heavy atom. The molecule has 9 heteroatoms. The number of phenolic OH excluding ortho intramolecular Hbond substituents is 1. The lowest BCUT2D eigenvalue weighted by Gasteiger charge is -2.17. The first-order valence-electron chi connectivity index (χ1n) is 7.65. The standard InChI is InChI=1S/C16H14N4O5/c21-15-8-5-10-3-1-2-4-12(10)16(15)18-17-13-7-6-11(19(22)23)9-14(13)20(24)25/h5-9,21H,1-4H2. The van der Waals surface area contributed by atoms with Gasteiger partial charge in [0.05, 0.1) is 15.9 Å². The van der Waals surface area contributed by atoms with Crippen LogP contribution in [0.2, 0.25) is 0 Å². The highest BCUT2D eigenvalue weighted by atomic mass is 16.6. The number of rotatable bonds is 4. The van der Waals surface area contributed by atoms with E-state index in [1.165, 1.54) is 12.1 Å². The zero-order valence-corrected chi connectivity index (χ0v) is 13.1. The quantitative estimate of drug-likeness (QED) is 0.496. The number of azo groups is 1. The van der Waals surface area contributed by atoms with E-state index in [4.69, 9.17) is 0 Å². The van der Waals surface area contributed by atoms with Crippen molar-refractivity contribution >= 4 is 22.7 Å². The Labute approximate surface area is 141 Å². The molecule has 0 atom stereocenters. The number of phenols is 1. The first kappa shape index (κ1) is 16.5. The van der Waals surface area contributed by atoms with E-state index in [1.807, 2.05) is 6.07 Å². The monoisotopic (exact) mass is 342 g/mol. The first-order valence-corrected chi connectivity index (χ1v) is 7.65. The van der Waals surface area contributed by atoms with Gasteiger partial charge in [-0.25, -0.2) is 0 Å². The van der Waals surface area contributed by atoms with Gasteiger partial charge in [-0.1, -0.05) is 6.07 Å². The molecule has 0 spiro atoms. The van der Waals surface area contributed by atoms with Crippen molar-refractivity contribution in [3.05, 3.63) is 61.7 Å². The third-order valence-electron chi connectivity index (χ3n) is 4.11. The van der Waals surface area contributed by atoms with Gasteiger partial charge in [0.1, 0.15) is 11.4 Å². The van der Waals surface area contributed by atoms with Crippen molar-refractivity contribution in [1.29, 1.82) is 0 Å². The summed E-state index contributed by atoms with van der Waals surface area (Å²) < 4.78 is 0. The molecule has 0 amide bonds. The minimum Gasteiger partial charge on any atom is -0.506 e. The van der Waals surface area contributed by atoms with Gasteiger partial charge in [0.2, 0.25) is 0 Å². The Kier molecular flexibility index (Phi) is 4.38. The second kappa shape index (κ2) is 6.63. The molecule has 1 aliphatic rings. The van der Waals surface area contributed by atoms with Crippen molar-refractivity contribution in [2.45, 2.75) is 25.7 Å². The van der Waals surface area contributed by atoms with Crippen LogP contribution in [-0.4, -0.2) is 15.0 Å². The molecule has 1 aliphatic carbocycles. The number of hydrogen-bond donors (Lipinski definition) is 1. The molecule has 0 heterocycles. The summed E-state index contributed by atoms with van der Waals surface area (Å²) in [6, 6.07) is 6.52. The maximum absolute atomic E-state index is 11.1. The summed E-state index contributed by atoms with van der Waals surface area (Å²) in [5.74, 6) is -0.0473. The minimum absolute atomic E-state index is 0.0473. The number of nitrogens with zero attached hydrogens (tertiary/aromatic N) is 4. The van der Waals surface area contributed by atoms with Gasteiger partial charge < -0.3 is 5.11 Å². The van der Waals surface area contributed by atoms with Crippen molar-refractivity contribution in [3.63, 3.8) is 0 Å². The molecule has 3 rings (SSSR count). The van der Waals surface area contributed by atoms with Gasteiger partial charge >= 0.3 is 5.69 Å². The van der Waals surface area contributed by atoms with Crippen LogP contribution in [0.25, 0.3) is 0 Å². The average Bonchev–Trinajstić information content (AvgIpc) is 2.60. The summed E-state index contributed by atoms with van der Waals surface area (Å²) in [6.45, 7) is 0. The van der Waals surface area contributed by atoms with Crippen molar-refractivity contribution in [3.8, 4) is 5.75 Å². The molecule has 0 fully saturated rings.